The number of fused-ring (bicyclic) bond motifs is 1. The number of aryl methyl sites for hydroxylation is 1. The fourth-order valence-electron chi connectivity index (χ4n) is 1.97. The van der Waals surface area contributed by atoms with Crippen molar-refractivity contribution in [3.05, 3.63) is 29.3 Å². The molecule has 1 fully saturated rings. The quantitative estimate of drug-likeness (QED) is 0.886. The van der Waals surface area contributed by atoms with E-state index in [9.17, 15) is 0 Å². The summed E-state index contributed by atoms with van der Waals surface area (Å²) in [4.78, 5) is 4.38. The molecule has 0 spiro atoms. The first-order valence-electron chi connectivity index (χ1n) is 5.71. The lowest BCUT2D eigenvalue weighted by molar-refractivity contribution is 0.933. The number of halogens is 1. The van der Waals surface area contributed by atoms with Gasteiger partial charge in [-0.15, -0.1) is 0 Å². The van der Waals surface area contributed by atoms with Crippen LogP contribution in [0.1, 0.15) is 25.6 Å². The zero-order valence-electron chi connectivity index (χ0n) is 9.20. The average Bonchev–Trinajstić information content (AvgIpc) is 3.03. The number of nitrogens with zero attached hydrogens (tertiary/aromatic N) is 2. The molecule has 0 saturated heterocycles. The molecule has 2 heterocycles. The number of hydrogen-bond acceptors (Lipinski definition) is 2. The van der Waals surface area contributed by atoms with E-state index in [4.69, 9.17) is 11.6 Å². The number of rotatable bonds is 3. The molecule has 4 heteroatoms. The second-order valence-electron chi connectivity index (χ2n) is 4.23. The van der Waals surface area contributed by atoms with E-state index in [1.165, 1.54) is 12.8 Å². The molecule has 0 aromatic carbocycles. The molecule has 0 unspecified atom stereocenters. The van der Waals surface area contributed by atoms with Gasteiger partial charge in [0.15, 0.2) is 5.15 Å². The lowest BCUT2D eigenvalue weighted by Gasteiger charge is -2.07. The summed E-state index contributed by atoms with van der Waals surface area (Å²) in [6.07, 6.45) is 5.42. The van der Waals surface area contributed by atoms with E-state index in [0.717, 1.165) is 23.4 Å². The van der Waals surface area contributed by atoms with Gasteiger partial charge in [0.1, 0.15) is 11.3 Å². The Labute approximate surface area is 99.4 Å². The summed E-state index contributed by atoms with van der Waals surface area (Å²) in [5, 5.41) is 4.09. The molecule has 1 saturated carbocycles. The molecule has 0 atom stereocenters. The zero-order chi connectivity index (χ0) is 11.1. The molecule has 1 N–H and O–H groups in total. The largest absolute Gasteiger partial charge is 0.381 e. The van der Waals surface area contributed by atoms with Crippen molar-refractivity contribution in [1.29, 1.82) is 0 Å². The molecule has 1 aliphatic rings. The van der Waals surface area contributed by atoms with Crippen LogP contribution in [0.15, 0.2) is 18.3 Å². The van der Waals surface area contributed by atoms with E-state index in [1.807, 2.05) is 12.3 Å². The summed E-state index contributed by atoms with van der Waals surface area (Å²) in [5.41, 5.74) is 2.11. The third-order valence-corrected chi connectivity index (χ3v) is 3.21. The SMILES string of the molecule is CCc1nc(Cl)c2c(NC3CC3)cccn12. The van der Waals surface area contributed by atoms with E-state index >= 15 is 0 Å². The molecule has 3 rings (SSSR count). The number of imidazole rings is 1. The van der Waals surface area contributed by atoms with Crippen LogP contribution < -0.4 is 5.32 Å². The Morgan fingerprint density at radius 1 is 1.56 bits per heavy atom. The average molecular weight is 236 g/mol. The van der Waals surface area contributed by atoms with Gasteiger partial charge in [0.2, 0.25) is 0 Å². The van der Waals surface area contributed by atoms with Crippen molar-refractivity contribution in [3.8, 4) is 0 Å². The minimum absolute atomic E-state index is 0.598. The predicted molar refractivity (Wildman–Crippen MR) is 66.2 cm³/mol. The zero-order valence-corrected chi connectivity index (χ0v) is 9.96. The maximum Gasteiger partial charge on any atom is 0.157 e. The Bertz CT molecular complexity index is 528. The lowest BCUT2D eigenvalue weighted by atomic mass is 10.3. The van der Waals surface area contributed by atoms with Gasteiger partial charge in [0.05, 0.1) is 5.69 Å². The minimum Gasteiger partial charge on any atom is -0.381 e. The van der Waals surface area contributed by atoms with E-state index in [-0.39, 0.29) is 0 Å². The highest BCUT2D eigenvalue weighted by Crippen LogP contribution is 2.31. The summed E-state index contributed by atoms with van der Waals surface area (Å²) in [5.74, 6) is 1.01. The Hall–Kier alpha value is -1.22. The second kappa shape index (κ2) is 3.67. The van der Waals surface area contributed by atoms with Gasteiger partial charge in [0, 0.05) is 18.7 Å². The van der Waals surface area contributed by atoms with Gasteiger partial charge in [-0.1, -0.05) is 18.5 Å². The van der Waals surface area contributed by atoms with Gasteiger partial charge in [-0.05, 0) is 25.0 Å². The van der Waals surface area contributed by atoms with Gasteiger partial charge in [0.25, 0.3) is 0 Å². The van der Waals surface area contributed by atoms with Crippen LogP contribution in [0.4, 0.5) is 5.69 Å². The van der Waals surface area contributed by atoms with E-state index in [1.54, 1.807) is 0 Å². The van der Waals surface area contributed by atoms with Gasteiger partial charge >= 0.3 is 0 Å². The van der Waals surface area contributed by atoms with Crippen molar-refractivity contribution in [2.45, 2.75) is 32.2 Å². The van der Waals surface area contributed by atoms with Gasteiger partial charge in [-0.2, -0.15) is 0 Å². The van der Waals surface area contributed by atoms with E-state index in [2.05, 4.69) is 27.7 Å². The Morgan fingerprint density at radius 2 is 2.38 bits per heavy atom. The minimum atomic E-state index is 0.598. The third kappa shape index (κ3) is 1.55. The first kappa shape index (κ1) is 9.97. The van der Waals surface area contributed by atoms with Crippen LogP contribution in [-0.2, 0) is 6.42 Å². The van der Waals surface area contributed by atoms with Crippen LogP contribution in [0.5, 0.6) is 0 Å². The van der Waals surface area contributed by atoms with Crippen molar-refractivity contribution in [3.63, 3.8) is 0 Å². The summed E-state index contributed by atoms with van der Waals surface area (Å²) in [6.45, 7) is 2.09. The number of pyridine rings is 1. The van der Waals surface area contributed by atoms with Crippen LogP contribution in [0.25, 0.3) is 5.52 Å². The molecular formula is C12H14ClN3. The predicted octanol–water partition coefficient (Wildman–Crippen LogP) is 3.12. The van der Waals surface area contributed by atoms with Crippen LogP contribution in [-0.4, -0.2) is 15.4 Å². The van der Waals surface area contributed by atoms with Crippen LogP contribution >= 0.6 is 11.6 Å². The Morgan fingerprint density at radius 3 is 3.06 bits per heavy atom. The molecule has 2 aromatic heterocycles. The highest BCUT2D eigenvalue weighted by molar-refractivity contribution is 6.33. The van der Waals surface area contributed by atoms with Crippen LogP contribution in [0.2, 0.25) is 5.15 Å². The van der Waals surface area contributed by atoms with Crippen LogP contribution in [0, 0.1) is 0 Å². The Kier molecular flexibility index (Phi) is 2.28. The molecule has 0 radical (unpaired) electrons. The van der Waals surface area contributed by atoms with Gasteiger partial charge in [-0.25, -0.2) is 4.98 Å². The number of anilines is 1. The topological polar surface area (TPSA) is 29.3 Å². The van der Waals surface area contributed by atoms with Gasteiger partial charge in [-0.3, -0.25) is 0 Å². The summed E-state index contributed by atoms with van der Waals surface area (Å²) >= 11 is 6.19. The fourth-order valence-corrected chi connectivity index (χ4v) is 2.26. The van der Waals surface area contributed by atoms with Gasteiger partial charge < -0.3 is 9.72 Å². The number of hydrogen-bond donors (Lipinski definition) is 1. The highest BCUT2D eigenvalue weighted by atomic mass is 35.5. The first-order chi connectivity index (χ1) is 7.79. The van der Waals surface area contributed by atoms with Crippen molar-refractivity contribution in [2.24, 2.45) is 0 Å². The number of nitrogens with one attached hydrogen (secondary N) is 1. The maximum atomic E-state index is 6.19. The maximum absolute atomic E-state index is 6.19. The van der Waals surface area contributed by atoms with Crippen molar-refractivity contribution in [2.75, 3.05) is 5.32 Å². The molecular weight excluding hydrogens is 222 g/mol. The van der Waals surface area contributed by atoms with Crippen molar-refractivity contribution < 1.29 is 0 Å². The monoisotopic (exact) mass is 235 g/mol. The third-order valence-electron chi connectivity index (χ3n) is 2.95. The van der Waals surface area contributed by atoms with Crippen LogP contribution in [0.3, 0.4) is 0 Å². The summed E-state index contributed by atoms with van der Waals surface area (Å²) < 4.78 is 2.08. The molecule has 3 nitrogen and oxygen atoms in total. The highest BCUT2D eigenvalue weighted by Gasteiger charge is 2.22. The molecule has 0 aliphatic heterocycles. The summed E-state index contributed by atoms with van der Waals surface area (Å²) in [6, 6.07) is 4.73. The van der Waals surface area contributed by atoms with Crippen molar-refractivity contribution in [1.82, 2.24) is 9.38 Å². The molecule has 1 aliphatic carbocycles. The molecule has 16 heavy (non-hydrogen) atoms. The molecule has 0 amide bonds. The molecule has 84 valence electrons. The molecule has 0 bridgehead atoms. The van der Waals surface area contributed by atoms with E-state index in [0.29, 0.717) is 11.2 Å². The summed E-state index contributed by atoms with van der Waals surface area (Å²) in [7, 11) is 0. The smallest absolute Gasteiger partial charge is 0.157 e. The standard InChI is InChI=1S/C12H14ClN3/c1-2-10-15-12(13)11-9(14-8-5-6-8)4-3-7-16(10)11/h3-4,7-8,14H,2,5-6H2,1H3. The number of aromatic nitrogens is 2. The van der Waals surface area contributed by atoms with E-state index < -0.39 is 0 Å². The normalized spacial score (nSPS) is 15.6. The Balaban J connectivity index is 2.16. The lowest BCUT2D eigenvalue weighted by Crippen LogP contribution is -2.03. The second-order valence-corrected chi connectivity index (χ2v) is 4.59. The van der Waals surface area contributed by atoms with Crippen molar-refractivity contribution >= 4 is 22.8 Å². The fraction of sp³-hybridized carbons (Fsp3) is 0.417. The first-order valence-corrected chi connectivity index (χ1v) is 6.09. The molecule has 2 aromatic rings.